The van der Waals surface area contributed by atoms with Crippen molar-refractivity contribution in [3.05, 3.63) is 24.3 Å². The molecule has 0 aromatic heterocycles. The van der Waals surface area contributed by atoms with E-state index in [1.807, 2.05) is 52.0 Å². The first-order chi connectivity index (χ1) is 8.88. The van der Waals surface area contributed by atoms with E-state index in [0.29, 0.717) is 12.3 Å². The zero-order valence-corrected chi connectivity index (χ0v) is 12.1. The number of nitrogens with one attached hydrogen (secondary N) is 1. The predicted molar refractivity (Wildman–Crippen MR) is 78.3 cm³/mol. The number of amides is 1. The summed E-state index contributed by atoms with van der Waals surface area (Å²) in [6.45, 7) is 8.04. The SMILES string of the molecule is CC(C)C[C@H](N)C(=O)Nc1ccc(OC(C)C)cc1. The summed E-state index contributed by atoms with van der Waals surface area (Å²) in [6.07, 6.45) is 0.820. The van der Waals surface area contributed by atoms with Gasteiger partial charge in [-0.1, -0.05) is 13.8 Å². The molecule has 0 aliphatic rings. The van der Waals surface area contributed by atoms with Crippen LogP contribution in [0.5, 0.6) is 5.75 Å². The summed E-state index contributed by atoms with van der Waals surface area (Å²) in [4.78, 5) is 11.8. The summed E-state index contributed by atoms with van der Waals surface area (Å²) in [5, 5.41) is 2.81. The molecule has 1 amide bonds. The molecule has 0 saturated heterocycles. The Kier molecular flexibility index (Phi) is 5.83. The minimum absolute atomic E-state index is 0.139. The lowest BCUT2D eigenvalue weighted by molar-refractivity contribution is -0.117. The number of ether oxygens (including phenoxy) is 1. The van der Waals surface area contributed by atoms with E-state index in [1.54, 1.807) is 0 Å². The van der Waals surface area contributed by atoms with E-state index in [-0.39, 0.29) is 12.0 Å². The third-order valence-electron chi connectivity index (χ3n) is 2.56. The molecule has 0 spiro atoms. The normalized spacial score (nSPS) is 12.6. The molecule has 1 rings (SSSR count). The Morgan fingerprint density at radius 2 is 1.79 bits per heavy atom. The molecule has 106 valence electrons. The first kappa shape index (κ1) is 15.5. The molecule has 1 aromatic rings. The van der Waals surface area contributed by atoms with Gasteiger partial charge in [0.1, 0.15) is 5.75 Å². The van der Waals surface area contributed by atoms with Gasteiger partial charge in [0.15, 0.2) is 0 Å². The van der Waals surface area contributed by atoms with Gasteiger partial charge in [0.05, 0.1) is 12.1 Å². The molecule has 0 aliphatic heterocycles. The molecule has 1 atom stereocenters. The Hall–Kier alpha value is -1.55. The molecule has 0 heterocycles. The fourth-order valence-corrected chi connectivity index (χ4v) is 1.74. The van der Waals surface area contributed by atoms with Crippen LogP contribution >= 0.6 is 0 Å². The molecule has 0 radical (unpaired) electrons. The predicted octanol–water partition coefficient (Wildman–Crippen LogP) is 2.79. The Balaban J connectivity index is 2.55. The highest BCUT2D eigenvalue weighted by molar-refractivity contribution is 5.94. The number of carbonyl (C=O) groups excluding carboxylic acids is 1. The molecule has 3 N–H and O–H groups in total. The van der Waals surface area contributed by atoms with Gasteiger partial charge in [0.2, 0.25) is 5.91 Å². The standard InChI is InChI=1S/C15H24N2O2/c1-10(2)9-14(16)15(18)17-12-5-7-13(8-6-12)19-11(3)4/h5-8,10-11,14H,9,16H2,1-4H3,(H,17,18)/t14-/m0/s1. The number of hydrogen-bond acceptors (Lipinski definition) is 3. The van der Waals surface area contributed by atoms with Crippen LogP contribution < -0.4 is 15.8 Å². The van der Waals surface area contributed by atoms with E-state index in [9.17, 15) is 4.79 Å². The largest absolute Gasteiger partial charge is 0.491 e. The second kappa shape index (κ2) is 7.14. The van der Waals surface area contributed by atoms with Gasteiger partial charge in [-0.25, -0.2) is 0 Å². The van der Waals surface area contributed by atoms with Crippen molar-refractivity contribution in [1.82, 2.24) is 0 Å². The molecule has 4 heteroatoms. The van der Waals surface area contributed by atoms with Crippen LogP contribution in [0.3, 0.4) is 0 Å². The Bertz CT molecular complexity index is 399. The van der Waals surface area contributed by atoms with Crippen LogP contribution in [0.25, 0.3) is 0 Å². The van der Waals surface area contributed by atoms with Crippen molar-refractivity contribution in [2.24, 2.45) is 11.7 Å². The van der Waals surface area contributed by atoms with Crippen molar-refractivity contribution >= 4 is 11.6 Å². The molecule has 0 fully saturated rings. The van der Waals surface area contributed by atoms with Gasteiger partial charge in [0, 0.05) is 5.69 Å². The average molecular weight is 264 g/mol. The van der Waals surface area contributed by atoms with E-state index in [4.69, 9.17) is 10.5 Å². The molecule has 0 bridgehead atoms. The van der Waals surface area contributed by atoms with Gasteiger partial charge in [0.25, 0.3) is 0 Å². The summed E-state index contributed by atoms with van der Waals surface area (Å²) in [5.74, 6) is 1.05. The van der Waals surface area contributed by atoms with E-state index in [1.165, 1.54) is 0 Å². The van der Waals surface area contributed by atoms with Crippen LogP contribution in [0.2, 0.25) is 0 Å². The smallest absolute Gasteiger partial charge is 0.241 e. The van der Waals surface area contributed by atoms with Crippen LogP contribution in [-0.2, 0) is 4.79 Å². The van der Waals surface area contributed by atoms with Crippen molar-refractivity contribution in [3.63, 3.8) is 0 Å². The molecule has 19 heavy (non-hydrogen) atoms. The Morgan fingerprint density at radius 1 is 1.21 bits per heavy atom. The van der Waals surface area contributed by atoms with E-state index < -0.39 is 6.04 Å². The summed E-state index contributed by atoms with van der Waals surface area (Å²) in [6, 6.07) is 6.84. The summed E-state index contributed by atoms with van der Waals surface area (Å²) >= 11 is 0. The number of hydrogen-bond donors (Lipinski definition) is 2. The summed E-state index contributed by atoms with van der Waals surface area (Å²) in [7, 11) is 0. The second-order valence-electron chi connectivity index (χ2n) is 5.42. The fourth-order valence-electron chi connectivity index (χ4n) is 1.74. The van der Waals surface area contributed by atoms with Crippen LogP contribution in [0.4, 0.5) is 5.69 Å². The van der Waals surface area contributed by atoms with Gasteiger partial charge in [-0.05, 0) is 50.5 Å². The second-order valence-corrected chi connectivity index (χ2v) is 5.42. The van der Waals surface area contributed by atoms with Crippen molar-refractivity contribution < 1.29 is 9.53 Å². The molecular formula is C15H24N2O2. The van der Waals surface area contributed by atoms with E-state index >= 15 is 0 Å². The quantitative estimate of drug-likeness (QED) is 0.830. The Morgan fingerprint density at radius 3 is 2.26 bits per heavy atom. The van der Waals surface area contributed by atoms with Gasteiger partial charge >= 0.3 is 0 Å². The highest BCUT2D eigenvalue weighted by Gasteiger charge is 2.14. The lowest BCUT2D eigenvalue weighted by atomic mass is 10.0. The topological polar surface area (TPSA) is 64.4 Å². The van der Waals surface area contributed by atoms with Gasteiger partial charge in [-0.2, -0.15) is 0 Å². The van der Waals surface area contributed by atoms with Gasteiger partial charge < -0.3 is 15.8 Å². The van der Waals surface area contributed by atoms with Crippen LogP contribution in [0, 0.1) is 5.92 Å². The maximum Gasteiger partial charge on any atom is 0.241 e. The summed E-state index contributed by atoms with van der Waals surface area (Å²) < 4.78 is 5.54. The zero-order valence-electron chi connectivity index (χ0n) is 12.1. The lowest BCUT2D eigenvalue weighted by Crippen LogP contribution is -2.36. The minimum Gasteiger partial charge on any atom is -0.491 e. The third-order valence-corrected chi connectivity index (χ3v) is 2.56. The maximum atomic E-state index is 11.8. The fraction of sp³-hybridized carbons (Fsp3) is 0.533. The first-order valence-corrected chi connectivity index (χ1v) is 6.71. The number of benzene rings is 1. The van der Waals surface area contributed by atoms with E-state index in [0.717, 1.165) is 11.4 Å². The third kappa shape index (κ3) is 5.75. The lowest BCUT2D eigenvalue weighted by Gasteiger charge is -2.15. The van der Waals surface area contributed by atoms with Crippen molar-refractivity contribution in [1.29, 1.82) is 0 Å². The highest BCUT2D eigenvalue weighted by Crippen LogP contribution is 2.17. The monoisotopic (exact) mass is 264 g/mol. The number of rotatable bonds is 6. The zero-order chi connectivity index (χ0) is 14.4. The highest BCUT2D eigenvalue weighted by atomic mass is 16.5. The number of carbonyl (C=O) groups is 1. The van der Waals surface area contributed by atoms with E-state index in [2.05, 4.69) is 5.32 Å². The maximum absolute atomic E-state index is 11.8. The number of anilines is 1. The van der Waals surface area contributed by atoms with Crippen LogP contribution in [0.1, 0.15) is 34.1 Å². The van der Waals surface area contributed by atoms with Crippen molar-refractivity contribution in [3.8, 4) is 5.75 Å². The van der Waals surface area contributed by atoms with Crippen LogP contribution in [-0.4, -0.2) is 18.1 Å². The Labute approximate surface area is 115 Å². The first-order valence-electron chi connectivity index (χ1n) is 6.71. The molecule has 1 aromatic carbocycles. The summed E-state index contributed by atoms with van der Waals surface area (Å²) in [5.41, 5.74) is 6.56. The molecule has 0 unspecified atom stereocenters. The average Bonchev–Trinajstić information content (AvgIpc) is 2.30. The molecular weight excluding hydrogens is 240 g/mol. The van der Waals surface area contributed by atoms with Crippen molar-refractivity contribution in [2.75, 3.05) is 5.32 Å². The number of nitrogens with two attached hydrogens (primary N) is 1. The molecule has 0 aliphatic carbocycles. The van der Waals surface area contributed by atoms with Crippen molar-refractivity contribution in [2.45, 2.75) is 46.3 Å². The molecule has 4 nitrogen and oxygen atoms in total. The molecule has 0 saturated carbocycles. The minimum atomic E-state index is -0.466. The van der Waals surface area contributed by atoms with Crippen LogP contribution in [0.15, 0.2) is 24.3 Å². The van der Waals surface area contributed by atoms with Gasteiger partial charge in [-0.15, -0.1) is 0 Å². The van der Waals surface area contributed by atoms with Gasteiger partial charge in [-0.3, -0.25) is 4.79 Å².